The molecule has 2 aromatic carbocycles. The van der Waals surface area contributed by atoms with Gasteiger partial charge >= 0.3 is 0 Å². The number of carbonyl (C=O) groups excluding carboxylic acids is 2. The largest absolute Gasteiger partial charge is 0.298 e. The topological polar surface area (TPSA) is 49.4 Å². The van der Waals surface area contributed by atoms with Gasteiger partial charge in [-0.2, -0.15) is 0 Å². The minimum atomic E-state index is -0.498. The monoisotopic (exact) mass is 388 g/mol. The van der Waals surface area contributed by atoms with Crippen LogP contribution in [-0.2, 0) is 16.0 Å². The lowest BCUT2D eigenvalue weighted by Gasteiger charge is -2.28. The van der Waals surface area contributed by atoms with Gasteiger partial charge in [0.25, 0.3) is 11.8 Å². The van der Waals surface area contributed by atoms with Crippen LogP contribution in [0, 0.1) is 0 Å². The van der Waals surface area contributed by atoms with Crippen LogP contribution in [0.4, 0.5) is 5.69 Å². The van der Waals surface area contributed by atoms with Crippen LogP contribution >= 0.6 is 12.2 Å². The van der Waals surface area contributed by atoms with Crippen LogP contribution < -0.4 is 10.2 Å². The Labute approximate surface area is 169 Å². The molecule has 0 radical (unpaired) electrons. The third kappa shape index (κ3) is 4.00. The van der Waals surface area contributed by atoms with Crippen molar-refractivity contribution in [3.8, 4) is 0 Å². The van der Waals surface area contributed by atoms with Gasteiger partial charge in [0.15, 0.2) is 5.11 Å². The van der Waals surface area contributed by atoms with Gasteiger partial charge in [0.05, 0.1) is 5.69 Å². The van der Waals surface area contributed by atoms with E-state index in [-0.39, 0.29) is 10.7 Å². The van der Waals surface area contributed by atoms with Crippen LogP contribution in [-0.4, -0.2) is 16.9 Å². The first-order valence-electron chi connectivity index (χ1n) is 8.93. The first-order valence-corrected chi connectivity index (χ1v) is 9.34. The summed E-state index contributed by atoms with van der Waals surface area (Å²) >= 11 is 5.21. The van der Waals surface area contributed by atoms with Crippen LogP contribution in [0.2, 0.25) is 0 Å². The maximum atomic E-state index is 12.9. The Kier molecular flexibility index (Phi) is 5.96. The molecule has 140 valence electrons. The van der Waals surface area contributed by atoms with E-state index in [1.165, 1.54) is 16.5 Å². The fourth-order valence-electron chi connectivity index (χ4n) is 2.94. The van der Waals surface area contributed by atoms with Crippen molar-refractivity contribution in [2.45, 2.75) is 13.3 Å². The summed E-state index contributed by atoms with van der Waals surface area (Å²) in [4.78, 5) is 26.5. The number of anilines is 1. The molecule has 0 aliphatic carbocycles. The Morgan fingerprint density at radius 3 is 2.50 bits per heavy atom. The number of hydrogen-bond acceptors (Lipinski definition) is 3. The van der Waals surface area contributed by atoms with Gasteiger partial charge in [-0.3, -0.25) is 19.8 Å². The average Bonchev–Trinajstić information content (AvgIpc) is 2.71. The van der Waals surface area contributed by atoms with Crippen LogP contribution in [0.15, 0.2) is 72.8 Å². The first-order chi connectivity index (χ1) is 13.5. The van der Waals surface area contributed by atoms with Gasteiger partial charge in [0.1, 0.15) is 5.57 Å². The molecule has 0 unspecified atom stereocenters. The van der Waals surface area contributed by atoms with Crippen molar-refractivity contribution in [2.75, 3.05) is 4.90 Å². The highest BCUT2D eigenvalue weighted by Crippen LogP contribution is 2.22. The predicted octanol–water partition coefficient (Wildman–Crippen LogP) is 4.28. The lowest BCUT2D eigenvalue weighted by Crippen LogP contribution is -2.54. The number of nitrogens with one attached hydrogen (secondary N) is 1. The highest BCUT2D eigenvalue weighted by Gasteiger charge is 2.33. The molecule has 0 bridgehead atoms. The summed E-state index contributed by atoms with van der Waals surface area (Å²) in [5.74, 6) is -0.948. The summed E-state index contributed by atoms with van der Waals surface area (Å²) in [5, 5.41) is 2.65. The zero-order valence-corrected chi connectivity index (χ0v) is 16.3. The molecule has 1 aliphatic rings. The van der Waals surface area contributed by atoms with Gasteiger partial charge < -0.3 is 0 Å². The van der Waals surface area contributed by atoms with Gasteiger partial charge in [-0.05, 0) is 53.5 Å². The maximum absolute atomic E-state index is 12.9. The summed E-state index contributed by atoms with van der Waals surface area (Å²) in [5.41, 5.74) is 3.80. The molecule has 2 aromatic rings. The van der Waals surface area contributed by atoms with Crippen LogP contribution in [0.25, 0.3) is 12.2 Å². The number of allylic oxidation sites excluding steroid dienone is 2. The fourth-order valence-corrected chi connectivity index (χ4v) is 3.22. The first kappa shape index (κ1) is 19.5. The number of benzene rings is 2. The van der Waals surface area contributed by atoms with E-state index in [1.54, 1.807) is 24.3 Å². The predicted molar refractivity (Wildman–Crippen MR) is 118 cm³/mol. The minimum Gasteiger partial charge on any atom is -0.298 e. The Morgan fingerprint density at radius 2 is 1.82 bits per heavy atom. The number of amides is 2. The van der Waals surface area contributed by atoms with E-state index in [4.69, 9.17) is 12.2 Å². The highest BCUT2D eigenvalue weighted by atomic mass is 32.1. The molecule has 2 amide bonds. The van der Waals surface area contributed by atoms with Crippen LogP contribution in [0.5, 0.6) is 0 Å². The third-order valence-corrected chi connectivity index (χ3v) is 4.75. The second kappa shape index (κ2) is 8.59. The number of rotatable bonds is 5. The SMILES string of the molecule is C=Cc1ccc(N2C(=O)/C(=C\C=C\c3ccccc3CC)C(=O)NC2=S)cc1. The van der Waals surface area contributed by atoms with Crippen molar-refractivity contribution in [1.29, 1.82) is 0 Å². The van der Waals surface area contributed by atoms with Crippen molar-refractivity contribution in [3.63, 3.8) is 0 Å². The van der Waals surface area contributed by atoms with E-state index < -0.39 is 11.8 Å². The standard InChI is InChI=1S/C23H20N2O2S/c1-3-16-12-14-19(15-13-16)25-22(27)20(21(26)24-23(25)28)11-7-10-18-9-6-5-8-17(18)4-2/h3,5-15H,1,4H2,2H3,(H,24,26,28)/b10-7+,20-11-. The number of nitrogens with zero attached hydrogens (tertiary/aromatic N) is 1. The number of thiocarbonyl (C=S) groups is 1. The van der Waals surface area contributed by atoms with Gasteiger partial charge in [-0.1, -0.05) is 68.1 Å². The quantitative estimate of drug-likeness (QED) is 0.473. The molecule has 1 N–H and O–H groups in total. The summed E-state index contributed by atoms with van der Waals surface area (Å²) in [6, 6.07) is 15.2. The van der Waals surface area contributed by atoms with E-state index in [0.717, 1.165) is 17.5 Å². The number of carbonyl (C=O) groups is 2. The second-order valence-electron chi connectivity index (χ2n) is 6.19. The number of aryl methyl sites for hydroxylation is 1. The van der Waals surface area contributed by atoms with Crippen LogP contribution in [0.3, 0.4) is 0 Å². The molecule has 0 aromatic heterocycles. The summed E-state index contributed by atoms with van der Waals surface area (Å²) in [6.07, 6.45) is 7.75. The molecule has 1 aliphatic heterocycles. The maximum Gasteiger partial charge on any atom is 0.270 e. The lowest BCUT2D eigenvalue weighted by molar-refractivity contribution is -0.122. The van der Waals surface area contributed by atoms with Crippen LogP contribution in [0.1, 0.15) is 23.6 Å². The lowest BCUT2D eigenvalue weighted by atomic mass is 10.0. The second-order valence-corrected chi connectivity index (χ2v) is 6.57. The minimum absolute atomic E-state index is 0.0339. The van der Waals surface area contributed by atoms with Crippen molar-refractivity contribution >= 4 is 47.0 Å². The molecule has 1 heterocycles. The van der Waals surface area contributed by atoms with E-state index >= 15 is 0 Å². The van der Waals surface area contributed by atoms with E-state index in [1.807, 2.05) is 36.4 Å². The summed E-state index contributed by atoms with van der Waals surface area (Å²) in [7, 11) is 0. The molecule has 0 atom stereocenters. The summed E-state index contributed by atoms with van der Waals surface area (Å²) < 4.78 is 0. The van der Waals surface area contributed by atoms with Crippen molar-refractivity contribution in [1.82, 2.24) is 5.32 Å². The fraction of sp³-hybridized carbons (Fsp3) is 0.0870. The molecule has 4 nitrogen and oxygen atoms in total. The molecule has 28 heavy (non-hydrogen) atoms. The Balaban J connectivity index is 1.89. The molecular formula is C23H20N2O2S. The molecule has 5 heteroatoms. The zero-order valence-electron chi connectivity index (χ0n) is 15.5. The van der Waals surface area contributed by atoms with E-state index in [0.29, 0.717) is 5.69 Å². The van der Waals surface area contributed by atoms with Gasteiger partial charge in [0.2, 0.25) is 0 Å². The van der Waals surface area contributed by atoms with Crippen molar-refractivity contribution in [2.24, 2.45) is 0 Å². The number of hydrogen-bond donors (Lipinski definition) is 1. The third-order valence-electron chi connectivity index (χ3n) is 4.46. The molecule has 1 fully saturated rings. The Bertz CT molecular complexity index is 1000. The zero-order chi connectivity index (χ0) is 20.1. The van der Waals surface area contributed by atoms with E-state index in [2.05, 4.69) is 24.9 Å². The van der Waals surface area contributed by atoms with Gasteiger partial charge in [-0.25, -0.2) is 0 Å². The molecule has 0 spiro atoms. The van der Waals surface area contributed by atoms with E-state index in [9.17, 15) is 9.59 Å². The molecular weight excluding hydrogens is 368 g/mol. The average molecular weight is 388 g/mol. The highest BCUT2D eigenvalue weighted by molar-refractivity contribution is 7.80. The molecule has 3 rings (SSSR count). The smallest absolute Gasteiger partial charge is 0.270 e. The normalized spacial score (nSPS) is 16.0. The Hall–Kier alpha value is -3.31. The van der Waals surface area contributed by atoms with Crippen molar-refractivity contribution in [3.05, 3.63) is 89.5 Å². The Morgan fingerprint density at radius 1 is 1.11 bits per heavy atom. The summed E-state index contributed by atoms with van der Waals surface area (Å²) in [6.45, 7) is 5.80. The van der Waals surface area contributed by atoms with Gasteiger partial charge in [0, 0.05) is 0 Å². The molecule has 0 saturated carbocycles. The van der Waals surface area contributed by atoms with Crippen molar-refractivity contribution < 1.29 is 9.59 Å². The molecule has 1 saturated heterocycles. The van der Waals surface area contributed by atoms with Gasteiger partial charge in [-0.15, -0.1) is 0 Å².